The van der Waals surface area contributed by atoms with Crippen LogP contribution in [0.5, 0.6) is 0 Å². The fraction of sp³-hybridized carbons (Fsp3) is 0.0435. The molecule has 0 N–H and O–H groups in total. The van der Waals surface area contributed by atoms with Gasteiger partial charge in [0.15, 0.2) is 5.43 Å². The summed E-state index contributed by atoms with van der Waals surface area (Å²) in [6, 6.07) is 19.2. The standard InChI is InChI=1S/C23H12Br2ClNO3/c24-13-6-4-12(5-7-13)20-19-21(28)17-11-15(26)8-9-18(17)30-22(19)23(29)27(20)16-3-1-2-14(25)10-16/h1-11,20H. The number of carbonyl (C=O) groups is 1. The molecule has 0 fully saturated rings. The van der Waals surface area contributed by atoms with Crippen LogP contribution >= 0.6 is 43.5 Å². The normalized spacial score (nSPS) is 15.6. The first-order valence-electron chi connectivity index (χ1n) is 9.05. The number of anilines is 1. The molecule has 3 aromatic carbocycles. The van der Waals surface area contributed by atoms with Gasteiger partial charge in [-0.15, -0.1) is 0 Å². The van der Waals surface area contributed by atoms with Crippen LogP contribution in [-0.4, -0.2) is 5.91 Å². The van der Waals surface area contributed by atoms with E-state index in [2.05, 4.69) is 31.9 Å². The molecular weight excluding hydrogens is 534 g/mol. The smallest absolute Gasteiger partial charge is 0.295 e. The Hall–Kier alpha value is -2.41. The maximum Gasteiger partial charge on any atom is 0.295 e. The summed E-state index contributed by atoms with van der Waals surface area (Å²) < 4.78 is 7.67. The van der Waals surface area contributed by atoms with Crippen molar-refractivity contribution in [3.63, 3.8) is 0 Å². The topological polar surface area (TPSA) is 50.5 Å². The number of rotatable bonds is 2. The van der Waals surface area contributed by atoms with Crippen molar-refractivity contribution in [1.29, 1.82) is 0 Å². The molecular formula is C23H12Br2ClNO3. The Bertz CT molecular complexity index is 1380. The van der Waals surface area contributed by atoms with E-state index in [0.29, 0.717) is 27.2 Å². The molecule has 0 bridgehead atoms. The number of hydrogen-bond acceptors (Lipinski definition) is 3. The number of fused-ring (bicyclic) bond motifs is 2. The van der Waals surface area contributed by atoms with Gasteiger partial charge < -0.3 is 4.42 Å². The molecule has 1 aliphatic heterocycles. The van der Waals surface area contributed by atoms with Crippen LogP contribution in [0.2, 0.25) is 5.02 Å². The van der Waals surface area contributed by atoms with Crippen molar-refractivity contribution >= 4 is 66.0 Å². The average Bonchev–Trinajstić information content (AvgIpc) is 3.02. The number of halogens is 3. The van der Waals surface area contributed by atoms with Gasteiger partial charge in [-0.1, -0.05) is 61.7 Å². The van der Waals surface area contributed by atoms with Crippen LogP contribution in [0.1, 0.15) is 27.7 Å². The maximum atomic E-state index is 13.5. The Morgan fingerprint density at radius 1 is 0.900 bits per heavy atom. The maximum absolute atomic E-state index is 13.5. The highest BCUT2D eigenvalue weighted by molar-refractivity contribution is 9.10. The quantitative estimate of drug-likeness (QED) is 0.281. The van der Waals surface area contributed by atoms with Crippen molar-refractivity contribution in [3.8, 4) is 0 Å². The van der Waals surface area contributed by atoms with Crippen LogP contribution in [0.3, 0.4) is 0 Å². The highest BCUT2D eigenvalue weighted by atomic mass is 79.9. The second kappa shape index (κ2) is 7.38. The molecule has 1 atom stereocenters. The molecule has 30 heavy (non-hydrogen) atoms. The highest BCUT2D eigenvalue weighted by Crippen LogP contribution is 2.42. The van der Waals surface area contributed by atoms with E-state index in [1.165, 1.54) is 0 Å². The van der Waals surface area contributed by atoms with Gasteiger partial charge in [-0.2, -0.15) is 0 Å². The zero-order valence-corrected chi connectivity index (χ0v) is 19.2. The molecule has 7 heteroatoms. The third-order valence-electron chi connectivity index (χ3n) is 5.10. The molecule has 2 heterocycles. The number of benzene rings is 3. The molecule has 0 saturated heterocycles. The molecule has 0 radical (unpaired) electrons. The second-order valence-electron chi connectivity index (χ2n) is 6.92. The van der Waals surface area contributed by atoms with E-state index in [-0.39, 0.29) is 17.1 Å². The second-order valence-corrected chi connectivity index (χ2v) is 9.19. The number of nitrogens with zero attached hydrogens (tertiary/aromatic N) is 1. The first-order chi connectivity index (χ1) is 14.4. The van der Waals surface area contributed by atoms with E-state index in [4.69, 9.17) is 16.0 Å². The highest BCUT2D eigenvalue weighted by Gasteiger charge is 2.43. The summed E-state index contributed by atoms with van der Waals surface area (Å²) in [5.74, 6) is -0.298. The molecule has 0 aliphatic carbocycles. The summed E-state index contributed by atoms with van der Waals surface area (Å²) in [5, 5.41) is 0.787. The Balaban J connectivity index is 1.83. The predicted molar refractivity (Wildman–Crippen MR) is 124 cm³/mol. The Labute approximate surface area is 193 Å². The number of carbonyl (C=O) groups excluding carboxylic acids is 1. The molecule has 4 nitrogen and oxygen atoms in total. The van der Waals surface area contributed by atoms with Crippen molar-refractivity contribution in [1.82, 2.24) is 0 Å². The molecule has 1 amide bonds. The minimum absolute atomic E-state index is 0.0581. The summed E-state index contributed by atoms with van der Waals surface area (Å²) >= 11 is 13.0. The monoisotopic (exact) mass is 543 g/mol. The van der Waals surface area contributed by atoms with E-state index < -0.39 is 6.04 Å². The van der Waals surface area contributed by atoms with Gasteiger partial charge in [-0.3, -0.25) is 14.5 Å². The lowest BCUT2D eigenvalue weighted by Gasteiger charge is -2.25. The van der Waals surface area contributed by atoms with Gasteiger partial charge in [0.1, 0.15) is 5.58 Å². The molecule has 1 aromatic heterocycles. The van der Waals surface area contributed by atoms with E-state index in [1.54, 1.807) is 23.1 Å². The van der Waals surface area contributed by atoms with Crippen molar-refractivity contribution in [2.24, 2.45) is 0 Å². The molecule has 1 unspecified atom stereocenters. The summed E-state index contributed by atoms with van der Waals surface area (Å²) in [6.45, 7) is 0. The van der Waals surface area contributed by atoms with Crippen LogP contribution in [0.4, 0.5) is 5.69 Å². The van der Waals surface area contributed by atoms with Gasteiger partial charge in [0.2, 0.25) is 5.76 Å². The van der Waals surface area contributed by atoms with E-state index >= 15 is 0 Å². The van der Waals surface area contributed by atoms with E-state index in [9.17, 15) is 9.59 Å². The average molecular weight is 546 g/mol. The minimum atomic E-state index is -0.616. The Morgan fingerprint density at radius 2 is 1.67 bits per heavy atom. The van der Waals surface area contributed by atoms with E-state index in [0.717, 1.165) is 14.5 Å². The zero-order chi connectivity index (χ0) is 21.0. The van der Waals surface area contributed by atoms with Crippen molar-refractivity contribution in [2.45, 2.75) is 6.04 Å². The largest absolute Gasteiger partial charge is 0.450 e. The van der Waals surface area contributed by atoms with Gasteiger partial charge in [0.25, 0.3) is 5.91 Å². The lowest BCUT2D eigenvalue weighted by molar-refractivity contribution is 0.0971. The SMILES string of the molecule is O=C1c2oc3ccc(Cl)cc3c(=O)c2C(c2ccc(Br)cc2)N1c1cccc(Br)c1. The number of amides is 1. The third kappa shape index (κ3) is 3.11. The summed E-state index contributed by atoms with van der Waals surface area (Å²) in [4.78, 5) is 28.6. The zero-order valence-electron chi connectivity index (χ0n) is 15.2. The first kappa shape index (κ1) is 19.5. The molecule has 0 spiro atoms. The number of hydrogen-bond donors (Lipinski definition) is 0. The Morgan fingerprint density at radius 3 is 2.40 bits per heavy atom. The molecule has 5 rings (SSSR count). The fourth-order valence-corrected chi connectivity index (χ4v) is 4.62. The van der Waals surface area contributed by atoms with Crippen LogP contribution in [-0.2, 0) is 0 Å². The molecule has 4 aromatic rings. The van der Waals surface area contributed by atoms with Crippen LogP contribution in [0, 0.1) is 0 Å². The lowest BCUT2D eigenvalue weighted by atomic mass is 9.98. The molecule has 1 aliphatic rings. The molecule has 0 saturated carbocycles. The Kier molecular flexibility index (Phi) is 4.81. The third-order valence-corrected chi connectivity index (χ3v) is 6.36. The fourth-order valence-electron chi connectivity index (χ4n) is 3.80. The van der Waals surface area contributed by atoms with Crippen LogP contribution in [0.25, 0.3) is 11.0 Å². The molecule has 148 valence electrons. The lowest BCUT2D eigenvalue weighted by Crippen LogP contribution is -2.29. The summed E-state index contributed by atoms with van der Waals surface area (Å²) in [5.41, 5.74) is 1.86. The minimum Gasteiger partial charge on any atom is -0.450 e. The van der Waals surface area contributed by atoms with Crippen LogP contribution < -0.4 is 10.3 Å². The van der Waals surface area contributed by atoms with Gasteiger partial charge in [-0.05, 0) is 54.1 Å². The van der Waals surface area contributed by atoms with Gasteiger partial charge >= 0.3 is 0 Å². The van der Waals surface area contributed by atoms with Crippen molar-refractivity contribution in [2.75, 3.05) is 4.90 Å². The van der Waals surface area contributed by atoms with Gasteiger partial charge in [0.05, 0.1) is 17.0 Å². The van der Waals surface area contributed by atoms with Crippen LogP contribution in [0.15, 0.2) is 84.9 Å². The first-order valence-corrected chi connectivity index (χ1v) is 11.0. The van der Waals surface area contributed by atoms with Gasteiger partial charge in [-0.25, -0.2) is 0 Å². The van der Waals surface area contributed by atoms with Gasteiger partial charge in [0, 0.05) is 19.7 Å². The summed E-state index contributed by atoms with van der Waals surface area (Å²) in [6.07, 6.45) is 0. The predicted octanol–water partition coefficient (Wildman–Crippen LogP) is 6.72. The van der Waals surface area contributed by atoms with E-state index in [1.807, 2.05) is 48.5 Å². The summed E-state index contributed by atoms with van der Waals surface area (Å²) in [7, 11) is 0. The van der Waals surface area contributed by atoms with Crippen molar-refractivity contribution in [3.05, 3.63) is 108 Å². The van der Waals surface area contributed by atoms with Crippen molar-refractivity contribution < 1.29 is 9.21 Å².